The van der Waals surface area contributed by atoms with Crippen molar-refractivity contribution in [3.05, 3.63) is 35.9 Å². The molecular formula is C19H35NO3S. The zero-order valence-corrected chi connectivity index (χ0v) is 16.4. The zero-order valence-electron chi connectivity index (χ0n) is 15.6. The van der Waals surface area contributed by atoms with Gasteiger partial charge in [0.15, 0.2) is 9.84 Å². The third-order valence-corrected chi connectivity index (χ3v) is 5.25. The number of hydrogen-bond donors (Lipinski definition) is 1. The first-order valence-corrected chi connectivity index (χ1v) is 10.9. The van der Waals surface area contributed by atoms with Crippen LogP contribution in [0.5, 0.6) is 0 Å². The van der Waals surface area contributed by atoms with Gasteiger partial charge in [0, 0.05) is 26.2 Å². The molecule has 0 aliphatic carbocycles. The fourth-order valence-electron chi connectivity index (χ4n) is 2.25. The Morgan fingerprint density at radius 1 is 0.958 bits per heavy atom. The maximum Gasteiger partial charge on any atom is 0.152 e. The monoisotopic (exact) mass is 357 g/mol. The topological polar surface area (TPSA) is 57.6 Å². The molecule has 1 fully saturated rings. The van der Waals surface area contributed by atoms with Gasteiger partial charge in [0.2, 0.25) is 0 Å². The van der Waals surface area contributed by atoms with Crippen molar-refractivity contribution < 1.29 is 13.5 Å². The standard InChI is InChI=1S/C11H15NO2S.C6H14.C2H6O/c13-15(14)8-6-12(7-9-15)10-11-4-2-1-3-5-11;1-3-5-6-4-2;1-2-3/h1-5H,6-10H2;3-6H2,1-2H3;3H,2H2,1H3. The Bertz CT molecular complexity index is 471. The lowest BCUT2D eigenvalue weighted by Gasteiger charge is -2.26. The van der Waals surface area contributed by atoms with Gasteiger partial charge in [0.1, 0.15) is 0 Å². The number of aliphatic hydroxyl groups is 1. The number of aliphatic hydroxyl groups excluding tert-OH is 1. The molecule has 24 heavy (non-hydrogen) atoms. The molecule has 0 amide bonds. The van der Waals surface area contributed by atoms with E-state index in [1.807, 2.05) is 18.2 Å². The average molecular weight is 358 g/mol. The van der Waals surface area contributed by atoms with Crippen molar-refractivity contribution in [3.8, 4) is 0 Å². The molecule has 0 bridgehead atoms. The lowest BCUT2D eigenvalue weighted by Crippen LogP contribution is -2.39. The Labute approximate surface area is 148 Å². The molecule has 0 radical (unpaired) electrons. The minimum absolute atomic E-state index is 0.250. The van der Waals surface area contributed by atoms with Crippen LogP contribution in [0, 0.1) is 0 Å². The van der Waals surface area contributed by atoms with Crippen LogP contribution < -0.4 is 0 Å². The summed E-state index contributed by atoms with van der Waals surface area (Å²) < 4.78 is 22.4. The van der Waals surface area contributed by atoms with Crippen molar-refractivity contribution in [1.29, 1.82) is 0 Å². The Morgan fingerprint density at radius 3 is 1.83 bits per heavy atom. The molecule has 1 saturated heterocycles. The minimum atomic E-state index is -2.75. The van der Waals surface area contributed by atoms with E-state index in [1.165, 1.54) is 31.2 Å². The van der Waals surface area contributed by atoms with E-state index in [0.29, 0.717) is 24.6 Å². The molecule has 5 heteroatoms. The maximum atomic E-state index is 11.2. The first kappa shape index (κ1) is 23.1. The molecule has 0 spiro atoms. The average Bonchev–Trinajstić information content (AvgIpc) is 2.57. The Morgan fingerprint density at radius 2 is 1.42 bits per heavy atom. The van der Waals surface area contributed by atoms with Gasteiger partial charge in [0.25, 0.3) is 0 Å². The van der Waals surface area contributed by atoms with Crippen molar-refractivity contribution >= 4 is 9.84 Å². The van der Waals surface area contributed by atoms with Gasteiger partial charge in [-0.25, -0.2) is 8.42 Å². The first-order chi connectivity index (χ1) is 11.5. The highest BCUT2D eigenvalue weighted by molar-refractivity contribution is 7.91. The number of rotatable bonds is 5. The van der Waals surface area contributed by atoms with Gasteiger partial charge in [-0.2, -0.15) is 0 Å². The summed E-state index contributed by atoms with van der Waals surface area (Å²) >= 11 is 0. The summed E-state index contributed by atoms with van der Waals surface area (Å²) in [4.78, 5) is 2.19. The second-order valence-corrected chi connectivity index (χ2v) is 8.24. The third kappa shape index (κ3) is 12.5. The fraction of sp³-hybridized carbons (Fsp3) is 0.684. The summed E-state index contributed by atoms with van der Waals surface area (Å²) in [6.07, 6.45) is 5.54. The number of hydrogen-bond acceptors (Lipinski definition) is 4. The van der Waals surface area contributed by atoms with Crippen LogP contribution in [0.4, 0.5) is 0 Å². The van der Waals surface area contributed by atoms with Gasteiger partial charge in [-0.05, 0) is 12.5 Å². The van der Waals surface area contributed by atoms with E-state index < -0.39 is 9.84 Å². The van der Waals surface area contributed by atoms with E-state index in [2.05, 4.69) is 30.9 Å². The van der Waals surface area contributed by atoms with Crippen molar-refractivity contribution in [2.45, 2.75) is 53.0 Å². The lowest BCUT2D eigenvalue weighted by molar-refractivity contribution is 0.287. The molecule has 140 valence electrons. The molecule has 1 aromatic rings. The van der Waals surface area contributed by atoms with Crippen LogP contribution >= 0.6 is 0 Å². The van der Waals surface area contributed by atoms with E-state index in [0.717, 1.165) is 6.54 Å². The van der Waals surface area contributed by atoms with E-state index in [1.54, 1.807) is 6.92 Å². The second kappa shape index (κ2) is 14.4. The molecule has 2 rings (SSSR count). The molecule has 1 aromatic carbocycles. The van der Waals surface area contributed by atoms with Crippen molar-refractivity contribution in [3.63, 3.8) is 0 Å². The minimum Gasteiger partial charge on any atom is -0.397 e. The summed E-state index contributed by atoms with van der Waals surface area (Å²) in [5, 5.41) is 7.57. The largest absolute Gasteiger partial charge is 0.397 e. The zero-order chi connectivity index (χ0) is 18.3. The normalized spacial score (nSPS) is 16.3. The van der Waals surface area contributed by atoms with Crippen molar-refractivity contribution in [2.75, 3.05) is 31.2 Å². The third-order valence-electron chi connectivity index (χ3n) is 3.64. The molecule has 0 atom stereocenters. The van der Waals surface area contributed by atoms with E-state index in [-0.39, 0.29) is 6.61 Å². The molecule has 1 N–H and O–H groups in total. The first-order valence-electron chi connectivity index (χ1n) is 9.06. The Hall–Kier alpha value is -0.910. The van der Waals surface area contributed by atoms with Gasteiger partial charge in [-0.3, -0.25) is 4.90 Å². The molecule has 1 aliphatic heterocycles. The number of unbranched alkanes of at least 4 members (excludes halogenated alkanes) is 3. The van der Waals surface area contributed by atoms with Gasteiger partial charge in [0.05, 0.1) is 11.5 Å². The Balaban J connectivity index is 0.000000495. The maximum absolute atomic E-state index is 11.2. The lowest BCUT2D eigenvalue weighted by atomic mass is 10.2. The quantitative estimate of drug-likeness (QED) is 0.820. The van der Waals surface area contributed by atoms with Crippen LogP contribution in [0.2, 0.25) is 0 Å². The predicted octanol–water partition coefficient (Wildman–Crippen LogP) is 3.50. The van der Waals surface area contributed by atoms with Crippen LogP contribution in [-0.4, -0.2) is 49.6 Å². The smallest absolute Gasteiger partial charge is 0.152 e. The van der Waals surface area contributed by atoms with Crippen LogP contribution in [0.15, 0.2) is 30.3 Å². The van der Waals surface area contributed by atoms with Crippen LogP contribution in [0.25, 0.3) is 0 Å². The molecule has 1 aliphatic rings. The highest BCUT2D eigenvalue weighted by atomic mass is 32.2. The molecule has 0 aromatic heterocycles. The van der Waals surface area contributed by atoms with Gasteiger partial charge in [-0.15, -0.1) is 0 Å². The molecule has 0 unspecified atom stereocenters. The van der Waals surface area contributed by atoms with Crippen LogP contribution in [0.1, 0.15) is 52.0 Å². The van der Waals surface area contributed by atoms with Crippen LogP contribution in [0.3, 0.4) is 0 Å². The fourth-order valence-corrected chi connectivity index (χ4v) is 3.53. The SMILES string of the molecule is CCCCCC.CCO.O=S1(=O)CCN(Cc2ccccc2)CC1. The van der Waals surface area contributed by atoms with Crippen molar-refractivity contribution in [1.82, 2.24) is 4.90 Å². The van der Waals surface area contributed by atoms with E-state index in [9.17, 15) is 8.42 Å². The van der Waals surface area contributed by atoms with Gasteiger partial charge >= 0.3 is 0 Å². The molecule has 1 heterocycles. The highest BCUT2D eigenvalue weighted by Crippen LogP contribution is 2.09. The number of benzene rings is 1. The van der Waals surface area contributed by atoms with Gasteiger partial charge in [-0.1, -0.05) is 69.9 Å². The summed E-state index contributed by atoms with van der Waals surface area (Å²) in [7, 11) is -2.75. The van der Waals surface area contributed by atoms with Crippen LogP contribution in [-0.2, 0) is 16.4 Å². The molecule has 4 nitrogen and oxygen atoms in total. The summed E-state index contributed by atoms with van der Waals surface area (Å²) in [5.41, 5.74) is 1.25. The Kier molecular flexibility index (Phi) is 13.9. The number of nitrogens with zero attached hydrogens (tertiary/aromatic N) is 1. The van der Waals surface area contributed by atoms with E-state index in [4.69, 9.17) is 5.11 Å². The van der Waals surface area contributed by atoms with Gasteiger partial charge < -0.3 is 5.11 Å². The van der Waals surface area contributed by atoms with Crippen molar-refractivity contribution in [2.24, 2.45) is 0 Å². The highest BCUT2D eigenvalue weighted by Gasteiger charge is 2.21. The summed E-state index contributed by atoms with van der Waals surface area (Å²) in [5.74, 6) is 0.611. The summed E-state index contributed by atoms with van der Waals surface area (Å²) in [6.45, 7) is 8.58. The second-order valence-electron chi connectivity index (χ2n) is 5.94. The predicted molar refractivity (Wildman–Crippen MR) is 103 cm³/mol. The summed E-state index contributed by atoms with van der Waals surface area (Å²) in [6, 6.07) is 10.2. The molecule has 0 saturated carbocycles. The number of sulfone groups is 1. The molecular weight excluding hydrogens is 322 g/mol. The van der Waals surface area contributed by atoms with E-state index >= 15 is 0 Å².